The maximum absolute atomic E-state index is 9.83. The summed E-state index contributed by atoms with van der Waals surface area (Å²) in [5, 5.41) is 9.83. The van der Waals surface area contributed by atoms with Crippen LogP contribution in [0, 0.1) is 5.92 Å². The third-order valence-electron chi connectivity index (χ3n) is 3.11. The van der Waals surface area contributed by atoms with E-state index in [2.05, 4.69) is 18.7 Å². The number of hydrogen-bond acceptors (Lipinski definition) is 3. The van der Waals surface area contributed by atoms with Crippen molar-refractivity contribution < 1.29 is 9.84 Å². The maximum Gasteiger partial charge on any atom is 0.0695 e. The molecule has 3 nitrogen and oxygen atoms in total. The van der Waals surface area contributed by atoms with E-state index in [1.54, 1.807) is 0 Å². The Kier molecular flexibility index (Phi) is 3.10. The maximum atomic E-state index is 9.83. The quantitative estimate of drug-likeness (QED) is 0.732. The van der Waals surface area contributed by atoms with Crippen LogP contribution < -0.4 is 0 Å². The molecule has 0 radical (unpaired) electrons. The predicted octanol–water partition coefficient (Wildman–Crippen LogP) is 0.866. The van der Waals surface area contributed by atoms with Crippen molar-refractivity contribution in [1.29, 1.82) is 0 Å². The fourth-order valence-corrected chi connectivity index (χ4v) is 2.33. The average Bonchev–Trinajstić information content (AvgIpc) is 2.82. The number of morpholine rings is 1. The molecule has 14 heavy (non-hydrogen) atoms. The van der Waals surface area contributed by atoms with E-state index >= 15 is 0 Å². The van der Waals surface area contributed by atoms with E-state index in [0.717, 1.165) is 19.6 Å². The van der Waals surface area contributed by atoms with Crippen LogP contribution in [0.25, 0.3) is 0 Å². The molecule has 2 fully saturated rings. The van der Waals surface area contributed by atoms with Gasteiger partial charge in [-0.05, 0) is 32.6 Å². The molecule has 0 amide bonds. The Morgan fingerprint density at radius 3 is 2.36 bits per heavy atom. The van der Waals surface area contributed by atoms with E-state index in [-0.39, 0.29) is 6.10 Å². The summed E-state index contributed by atoms with van der Waals surface area (Å²) < 4.78 is 5.65. The lowest BCUT2D eigenvalue weighted by molar-refractivity contribution is -0.0777. The first-order valence-electron chi connectivity index (χ1n) is 5.71. The van der Waals surface area contributed by atoms with Crippen LogP contribution in [0.3, 0.4) is 0 Å². The molecular formula is C11H21NO2. The SMILES string of the molecule is CC1CN(CC(O)C2CC2)CC(C)O1. The molecule has 0 aromatic rings. The molecule has 1 heterocycles. The molecule has 0 aromatic heterocycles. The standard InChI is InChI=1S/C11H21NO2/c1-8-5-12(6-9(2)14-8)7-11(13)10-3-4-10/h8-11,13H,3-7H2,1-2H3. The van der Waals surface area contributed by atoms with Crippen molar-refractivity contribution in [3.63, 3.8) is 0 Å². The minimum absolute atomic E-state index is 0.104. The van der Waals surface area contributed by atoms with Gasteiger partial charge in [-0.25, -0.2) is 0 Å². The van der Waals surface area contributed by atoms with E-state index in [9.17, 15) is 5.11 Å². The van der Waals surface area contributed by atoms with Crippen molar-refractivity contribution in [2.45, 2.75) is 45.0 Å². The molecule has 1 saturated heterocycles. The molecule has 1 saturated carbocycles. The first-order chi connectivity index (χ1) is 6.65. The summed E-state index contributed by atoms with van der Waals surface area (Å²) in [7, 11) is 0. The lowest BCUT2D eigenvalue weighted by Gasteiger charge is -2.36. The smallest absolute Gasteiger partial charge is 0.0695 e. The number of ether oxygens (including phenoxy) is 1. The molecule has 1 aliphatic heterocycles. The van der Waals surface area contributed by atoms with Gasteiger partial charge in [0, 0.05) is 19.6 Å². The second-order valence-corrected chi connectivity index (χ2v) is 4.88. The second kappa shape index (κ2) is 4.17. The minimum Gasteiger partial charge on any atom is -0.392 e. The van der Waals surface area contributed by atoms with Crippen molar-refractivity contribution >= 4 is 0 Å². The molecule has 3 unspecified atom stereocenters. The first-order valence-corrected chi connectivity index (χ1v) is 5.71. The fourth-order valence-electron chi connectivity index (χ4n) is 2.33. The summed E-state index contributed by atoms with van der Waals surface area (Å²) in [6.07, 6.45) is 2.95. The number of aliphatic hydroxyl groups is 1. The van der Waals surface area contributed by atoms with E-state index in [4.69, 9.17) is 4.74 Å². The average molecular weight is 199 g/mol. The summed E-state index contributed by atoms with van der Waals surface area (Å²) in [4.78, 5) is 2.34. The van der Waals surface area contributed by atoms with Crippen molar-refractivity contribution in [1.82, 2.24) is 4.90 Å². The largest absolute Gasteiger partial charge is 0.392 e. The molecule has 2 rings (SSSR count). The lowest BCUT2D eigenvalue weighted by atomic mass is 10.1. The predicted molar refractivity (Wildman–Crippen MR) is 55.2 cm³/mol. The normalized spacial score (nSPS) is 37.1. The molecule has 2 aliphatic rings. The third-order valence-corrected chi connectivity index (χ3v) is 3.11. The van der Waals surface area contributed by atoms with Crippen LogP contribution in [0.5, 0.6) is 0 Å². The van der Waals surface area contributed by atoms with Crippen molar-refractivity contribution in [2.75, 3.05) is 19.6 Å². The topological polar surface area (TPSA) is 32.7 Å². The van der Waals surface area contributed by atoms with E-state index in [0.29, 0.717) is 18.1 Å². The molecule has 3 heteroatoms. The fraction of sp³-hybridized carbons (Fsp3) is 1.00. The van der Waals surface area contributed by atoms with Crippen LogP contribution in [-0.2, 0) is 4.74 Å². The van der Waals surface area contributed by atoms with Gasteiger partial charge in [0.05, 0.1) is 18.3 Å². The zero-order chi connectivity index (χ0) is 10.1. The molecule has 1 N–H and O–H groups in total. The van der Waals surface area contributed by atoms with Crippen LogP contribution in [0.15, 0.2) is 0 Å². The minimum atomic E-state index is -0.104. The van der Waals surface area contributed by atoms with E-state index < -0.39 is 0 Å². The van der Waals surface area contributed by atoms with E-state index in [1.807, 2.05) is 0 Å². The molecular weight excluding hydrogens is 178 g/mol. The Bertz CT molecular complexity index is 184. The van der Waals surface area contributed by atoms with Gasteiger partial charge in [-0.1, -0.05) is 0 Å². The second-order valence-electron chi connectivity index (χ2n) is 4.88. The van der Waals surface area contributed by atoms with Crippen LogP contribution in [0.2, 0.25) is 0 Å². The molecule has 3 atom stereocenters. The molecule has 0 spiro atoms. The number of rotatable bonds is 3. The molecule has 0 aromatic carbocycles. The first kappa shape index (κ1) is 10.4. The van der Waals surface area contributed by atoms with Gasteiger partial charge in [0.15, 0.2) is 0 Å². The lowest BCUT2D eigenvalue weighted by Crippen LogP contribution is -2.48. The number of nitrogens with zero attached hydrogens (tertiary/aromatic N) is 1. The molecule has 1 aliphatic carbocycles. The van der Waals surface area contributed by atoms with Gasteiger partial charge >= 0.3 is 0 Å². The number of aliphatic hydroxyl groups excluding tert-OH is 1. The Labute approximate surface area is 86.0 Å². The van der Waals surface area contributed by atoms with Crippen LogP contribution in [0.1, 0.15) is 26.7 Å². The highest BCUT2D eigenvalue weighted by molar-refractivity contribution is 4.84. The number of hydrogen-bond donors (Lipinski definition) is 1. The van der Waals surface area contributed by atoms with Crippen molar-refractivity contribution in [2.24, 2.45) is 5.92 Å². The van der Waals surface area contributed by atoms with Crippen molar-refractivity contribution in [3.05, 3.63) is 0 Å². The van der Waals surface area contributed by atoms with Gasteiger partial charge in [-0.3, -0.25) is 4.90 Å². The Morgan fingerprint density at radius 2 is 1.86 bits per heavy atom. The Morgan fingerprint density at radius 1 is 1.29 bits per heavy atom. The summed E-state index contributed by atoms with van der Waals surface area (Å²) in [6, 6.07) is 0. The van der Waals surface area contributed by atoms with Crippen molar-refractivity contribution in [3.8, 4) is 0 Å². The monoisotopic (exact) mass is 199 g/mol. The highest BCUT2D eigenvalue weighted by atomic mass is 16.5. The summed E-state index contributed by atoms with van der Waals surface area (Å²) in [6.45, 7) is 6.98. The van der Waals surface area contributed by atoms with Crippen LogP contribution in [0.4, 0.5) is 0 Å². The highest BCUT2D eigenvalue weighted by Gasteiger charge is 2.32. The van der Waals surface area contributed by atoms with Gasteiger partial charge in [0.2, 0.25) is 0 Å². The summed E-state index contributed by atoms with van der Waals surface area (Å²) >= 11 is 0. The summed E-state index contributed by atoms with van der Waals surface area (Å²) in [5.74, 6) is 0.587. The zero-order valence-corrected chi connectivity index (χ0v) is 9.15. The van der Waals surface area contributed by atoms with Gasteiger partial charge in [-0.2, -0.15) is 0 Å². The van der Waals surface area contributed by atoms with Gasteiger partial charge in [-0.15, -0.1) is 0 Å². The molecule has 82 valence electrons. The van der Waals surface area contributed by atoms with Crippen LogP contribution >= 0.6 is 0 Å². The van der Waals surface area contributed by atoms with Gasteiger partial charge < -0.3 is 9.84 Å². The Hall–Kier alpha value is -0.120. The van der Waals surface area contributed by atoms with Gasteiger partial charge in [0.25, 0.3) is 0 Å². The summed E-state index contributed by atoms with van der Waals surface area (Å²) in [5.41, 5.74) is 0. The third kappa shape index (κ3) is 2.69. The zero-order valence-electron chi connectivity index (χ0n) is 9.15. The van der Waals surface area contributed by atoms with Crippen LogP contribution in [-0.4, -0.2) is 48.0 Å². The van der Waals surface area contributed by atoms with E-state index in [1.165, 1.54) is 12.8 Å². The number of β-amino-alcohol motifs (C(OH)–C–C–N with tert-alkyl or cyclic N) is 1. The van der Waals surface area contributed by atoms with Gasteiger partial charge in [0.1, 0.15) is 0 Å². The molecule has 0 bridgehead atoms. The Balaban J connectivity index is 1.78. The highest BCUT2D eigenvalue weighted by Crippen LogP contribution is 2.33.